The van der Waals surface area contributed by atoms with Crippen LogP contribution in [0.25, 0.3) is 16.3 Å². The van der Waals surface area contributed by atoms with Gasteiger partial charge >= 0.3 is 0 Å². The van der Waals surface area contributed by atoms with Crippen LogP contribution in [-0.2, 0) is 11.2 Å². The van der Waals surface area contributed by atoms with Crippen molar-refractivity contribution in [3.63, 3.8) is 0 Å². The number of nitrogens with one attached hydrogen (secondary N) is 1. The Morgan fingerprint density at radius 2 is 2.20 bits per heavy atom. The Hall–Kier alpha value is -3.07. The lowest BCUT2D eigenvalue weighted by Crippen LogP contribution is -2.13. The number of aryl methyl sites for hydroxylation is 1. The van der Waals surface area contributed by atoms with Crippen LogP contribution >= 0.6 is 11.3 Å². The van der Waals surface area contributed by atoms with E-state index < -0.39 is 0 Å². The zero-order valence-corrected chi connectivity index (χ0v) is 13.9. The molecule has 0 radical (unpaired) electrons. The van der Waals surface area contributed by atoms with E-state index in [9.17, 15) is 4.79 Å². The fraction of sp³-hybridized carbons (Fsp3) is 0.188. The van der Waals surface area contributed by atoms with Crippen LogP contribution in [0, 0.1) is 0 Å². The van der Waals surface area contributed by atoms with E-state index in [0.29, 0.717) is 42.6 Å². The fourth-order valence-corrected chi connectivity index (χ4v) is 3.03. The average molecular weight is 354 g/mol. The predicted molar refractivity (Wildman–Crippen MR) is 92.2 cm³/mol. The highest BCUT2D eigenvalue weighted by molar-refractivity contribution is 7.13. The molecule has 0 saturated carbocycles. The molecule has 0 spiro atoms. The van der Waals surface area contributed by atoms with Gasteiger partial charge in [-0.2, -0.15) is 4.98 Å². The second-order valence-electron chi connectivity index (χ2n) is 5.34. The number of thiophene rings is 1. The van der Waals surface area contributed by atoms with Crippen molar-refractivity contribution >= 4 is 28.8 Å². The van der Waals surface area contributed by atoms with Crippen molar-refractivity contribution in [1.82, 2.24) is 24.7 Å². The Balaban J connectivity index is 1.30. The van der Waals surface area contributed by atoms with Crippen molar-refractivity contribution < 1.29 is 9.32 Å². The van der Waals surface area contributed by atoms with Crippen LogP contribution in [0.4, 0.5) is 5.95 Å². The summed E-state index contributed by atoms with van der Waals surface area (Å²) < 4.78 is 6.95. The van der Waals surface area contributed by atoms with Gasteiger partial charge < -0.3 is 4.52 Å². The van der Waals surface area contributed by atoms with E-state index in [2.05, 4.69) is 25.7 Å². The molecule has 4 aromatic heterocycles. The standard InChI is InChI=1S/C16H14N6O2S/c23-13(17-16-20-19-12-6-1-2-9-22(12)16)7-3-8-14-18-15(21-24-14)11-5-4-10-25-11/h1-2,4-6,9-10H,3,7-8H2,(H,17,20,23). The van der Waals surface area contributed by atoms with Gasteiger partial charge in [-0.15, -0.1) is 21.5 Å². The summed E-state index contributed by atoms with van der Waals surface area (Å²) in [7, 11) is 0. The summed E-state index contributed by atoms with van der Waals surface area (Å²) in [6, 6.07) is 9.42. The Morgan fingerprint density at radius 3 is 3.08 bits per heavy atom. The summed E-state index contributed by atoms with van der Waals surface area (Å²) in [5.41, 5.74) is 0.685. The summed E-state index contributed by atoms with van der Waals surface area (Å²) in [6.45, 7) is 0. The van der Waals surface area contributed by atoms with Crippen LogP contribution in [-0.4, -0.2) is 30.6 Å². The van der Waals surface area contributed by atoms with E-state index in [-0.39, 0.29) is 5.91 Å². The smallest absolute Gasteiger partial charge is 0.235 e. The number of fused-ring (bicyclic) bond motifs is 1. The third kappa shape index (κ3) is 3.41. The number of carbonyl (C=O) groups excluding carboxylic acids is 1. The summed E-state index contributed by atoms with van der Waals surface area (Å²) in [5.74, 6) is 1.41. The largest absolute Gasteiger partial charge is 0.339 e. The lowest BCUT2D eigenvalue weighted by Gasteiger charge is -2.02. The molecule has 0 fully saturated rings. The van der Waals surface area contributed by atoms with Crippen LogP contribution in [0.1, 0.15) is 18.7 Å². The monoisotopic (exact) mass is 354 g/mol. The molecule has 126 valence electrons. The van der Waals surface area contributed by atoms with E-state index >= 15 is 0 Å². The van der Waals surface area contributed by atoms with Gasteiger partial charge in [0.05, 0.1) is 4.88 Å². The number of carbonyl (C=O) groups is 1. The molecule has 0 aromatic carbocycles. The minimum absolute atomic E-state index is 0.129. The molecule has 0 aliphatic heterocycles. The SMILES string of the molecule is O=C(CCCc1nc(-c2cccs2)no1)Nc1nnc2ccccn12. The maximum Gasteiger partial charge on any atom is 0.235 e. The number of amides is 1. The number of pyridine rings is 1. The molecule has 0 saturated heterocycles. The lowest BCUT2D eigenvalue weighted by molar-refractivity contribution is -0.116. The molecular weight excluding hydrogens is 340 g/mol. The zero-order valence-electron chi connectivity index (χ0n) is 13.1. The first-order chi connectivity index (χ1) is 12.3. The molecular formula is C16H14N6O2S. The molecule has 4 rings (SSSR count). The molecule has 0 aliphatic carbocycles. The summed E-state index contributed by atoms with van der Waals surface area (Å²) in [6.07, 6.45) is 3.29. The molecule has 1 N–H and O–H groups in total. The van der Waals surface area contributed by atoms with Gasteiger partial charge in [0.15, 0.2) is 5.65 Å². The number of rotatable bonds is 6. The molecule has 4 aromatic rings. The molecule has 0 unspecified atom stereocenters. The molecule has 1 amide bonds. The summed E-state index contributed by atoms with van der Waals surface area (Å²) in [4.78, 5) is 17.4. The van der Waals surface area contributed by atoms with Gasteiger partial charge in [0.2, 0.25) is 23.6 Å². The van der Waals surface area contributed by atoms with Gasteiger partial charge in [0.25, 0.3) is 0 Å². The summed E-state index contributed by atoms with van der Waals surface area (Å²) >= 11 is 1.56. The number of nitrogens with zero attached hydrogens (tertiary/aromatic N) is 5. The maximum absolute atomic E-state index is 12.1. The number of aromatic nitrogens is 5. The topological polar surface area (TPSA) is 98.2 Å². The molecule has 0 atom stereocenters. The molecule has 8 nitrogen and oxygen atoms in total. The van der Waals surface area contributed by atoms with Crippen LogP contribution in [0.2, 0.25) is 0 Å². The minimum Gasteiger partial charge on any atom is -0.339 e. The first-order valence-electron chi connectivity index (χ1n) is 7.76. The number of hydrogen-bond donors (Lipinski definition) is 1. The van der Waals surface area contributed by atoms with Gasteiger partial charge in [-0.1, -0.05) is 17.3 Å². The number of anilines is 1. The number of hydrogen-bond acceptors (Lipinski definition) is 7. The van der Waals surface area contributed by atoms with Crippen LogP contribution < -0.4 is 5.32 Å². The van der Waals surface area contributed by atoms with E-state index in [1.165, 1.54) is 0 Å². The second-order valence-corrected chi connectivity index (χ2v) is 6.29. The Morgan fingerprint density at radius 1 is 1.24 bits per heavy atom. The van der Waals surface area contributed by atoms with Gasteiger partial charge in [-0.3, -0.25) is 14.5 Å². The third-order valence-electron chi connectivity index (χ3n) is 3.57. The first kappa shape index (κ1) is 15.5. The maximum atomic E-state index is 12.1. The molecule has 0 bridgehead atoms. The Kier molecular flexibility index (Phi) is 4.21. The van der Waals surface area contributed by atoms with Crippen LogP contribution in [0.5, 0.6) is 0 Å². The van der Waals surface area contributed by atoms with Gasteiger partial charge in [0.1, 0.15) is 0 Å². The molecule has 9 heteroatoms. The van der Waals surface area contributed by atoms with E-state index in [1.54, 1.807) is 21.9 Å². The minimum atomic E-state index is -0.129. The van der Waals surface area contributed by atoms with Crippen molar-refractivity contribution in [2.45, 2.75) is 19.3 Å². The predicted octanol–water partition coefficient (Wildman–Crippen LogP) is 2.80. The Bertz CT molecular complexity index is 991. The average Bonchev–Trinajstić information content (AvgIpc) is 3.35. The van der Waals surface area contributed by atoms with Crippen molar-refractivity contribution in [1.29, 1.82) is 0 Å². The highest BCUT2D eigenvalue weighted by atomic mass is 32.1. The van der Waals surface area contributed by atoms with Gasteiger partial charge in [-0.25, -0.2) is 0 Å². The zero-order chi connectivity index (χ0) is 17.1. The van der Waals surface area contributed by atoms with Gasteiger partial charge in [-0.05, 0) is 30.0 Å². The second kappa shape index (κ2) is 6.81. The Labute approximate surface area is 146 Å². The molecule has 25 heavy (non-hydrogen) atoms. The van der Waals surface area contributed by atoms with E-state index in [4.69, 9.17) is 4.52 Å². The normalized spacial score (nSPS) is 11.0. The van der Waals surface area contributed by atoms with Crippen LogP contribution in [0.3, 0.4) is 0 Å². The third-order valence-corrected chi connectivity index (χ3v) is 4.43. The van der Waals surface area contributed by atoms with E-state index in [0.717, 1.165) is 4.88 Å². The molecule has 0 aliphatic rings. The van der Waals surface area contributed by atoms with Crippen molar-refractivity contribution in [2.75, 3.05) is 5.32 Å². The highest BCUT2D eigenvalue weighted by Gasteiger charge is 2.12. The van der Waals surface area contributed by atoms with Crippen molar-refractivity contribution in [3.05, 3.63) is 47.8 Å². The van der Waals surface area contributed by atoms with Crippen molar-refractivity contribution in [2.24, 2.45) is 0 Å². The highest BCUT2D eigenvalue weighted by Crippen LogP contribution is 2.21. The van der Waals surface area contributed by atoms with Crippen LogP contribution in [0.15, 0.2) is 46.4 Å². The lowest BCUT2D eigenvalue weighted by atomic mass is 10.2. The quantitative estimate of drug-likeness (QED) is 0.572. The first-order valence-corrected chi connectivity index (χ1v) is 8.63. The molecule has 4 heterocycles. The van der Waals surface area contributed by atoms with E-state index in [1.807, 2.05) is 35.7 Å². The van der Waals surface area contributed by atoms with Gasteiger partial charge in [0, 0.05) is 19.0 Å². The fourth-order valence-electron chi connectivity index (χ4n) is 2.38. The van der Waals surface area contributed by atoms with Crippen molar-refractivity contribution in [3.8, 4) is 10.7 Å². The summed E-state index contributed by atoms with van der Waals surface area (Å²) in [5, 5.41) is 16.6.